The molecule has 0 radical (unpaired) electrons. The van der Waals surface area contributed by atoms with Gasteiger partial charge in [0.15, 0.2) is 0 Å². The van der Waals surface area contributed by atoms with Gasteiger partial charge in [-0.05, 0) is 95.8 Å². The lowest BCUT2D eigenvalue weighted by Crippen LogP contribution is -2.03. The summed E-state index contributed by atoms with van der Waals surface area (Å²) in [4.78, 5) is 0.267. The minimum atomic E-state index is 0.267. The van der Waals surface area contributed by atoms with Gasteiger partial charge >= 0.3 is 0 Å². The Balaban J connectivity index is 2.55. The van der Waals surface area contributed by atoms with Gasteiger partial charge in [0.2, 0.25) is 0 Å². The van der Waals surface area contributed by atoms with Crippen LogP contribution in [0.3, 0.4) is 0 Å². The van der Waals surface area contributed by atoms with Crippen LogP contribution in [0.25, 0.3) is 0 Å². The van der Waals surface area contributed by atoms with Gasteiger partial charge in [-0.25, -0.2) is 0 Å². The summed E-state index contributed by atoms with van der Waals surface area (Å²) < 4.78 is 1.27. The summed E-state index contributed by atoms with van der Waals surface area (Å²) in [6.07, 6.45) is 0. The minimum Gasteiger partial charge on any atom is -0.0786 e. The quantitative estimate of drug-likeness (QED) is 0.405. The highest BCUT2D eigenvalue weighted by molar-refractivity contribution is 14.1. The molecule has 100 valence electrons. The van der Waals surface area contributed by atoms with E-state index in [2.05, 4.69) is 96.5 Å². The van der Waals surface area contributed by atoms with E-state index >= 15 is 0 Å². The third-order valence-corrected chi connectivity index (χ3v) is 5.55. The van der Waals surface area contributed by atoms with Gasteiger partial charge in [-0.1, -0.05) is 34.1 Å². The first-order valence-corrected chi connectivity index (χ1v) is 8.38. The molecule has 1 atom stereocenters. The summed E-state index contributed by atoms with van der Waals surface area (Å²) in [5.41, 5.74) is 8.25. The Morgan fingerprint density at radius 2 is 1.37 bits per heavy atom. The molecule has 0 heterocycles. The number of hydrogen-bond donors (Lipinski definition) is 0. The third kappa shape index (κ3) is 3.05. The largest absolute Gasteiger partial charge is 0.0786 e. The Bertz CT molecular complexity index is 573. The van der Waals surface area contributed by atoms with Gasteiger partial charge in [0.25, 0.3) is 0 Å². The second-order valence-corrected chi connectivity index (χ2v) is 7.25. The van der Waals surface area contributed by atoms with Crippen molar-refractivity contribution in [2.75, 3.05) is 0 Å². The van der Waals surface area contributed by atoms with E-state index in [4.69, 9.17) is 0 Å². The number of aryl methyl sites for hydroxylation is 2. The van der Waals surface area contributed by atoms with Crippen LogP contribution < -0.4 is 0 Å². The molecule has 0 saturated heterocycles. The van der Waals surface area contributed by atoms with Crippen molar-refractivity contribution in [3.63, 3.8) is 0 Å². The van der Waals surface area contributed by atoms with Crippen molar-refractivity contribution in [3.8, 4) is 0 Å². The van der Waals surface area contributed by atoms with Gasteiger partial charge < -0.3 is 0 Å². The average Bonchev–Trinajstić information content (AvgIpc) is 2.37. The van der Waals surface area contributed by atoms with Crippen molar-refractivity contribution in [2.24, 2.45) is 0 Å². The lowest BCUT2D eigenvalue weighted by molar-refractivity contribution is 1.07. The van der Waals surface area contributed by atoms with E-state index in [1.807, 2.05) is 0 Å². The number of halogens is 2. The highest BCUT2D eigenvalue weighted by Gasteiger charge is 2.17. The number of benzene rings is 2. The number of rotatable bonds is 2. The van der Waals surface area contributed by atoms with Crippen LogP contribution in [0.5, 0.6) is 0 Å². The standard InChI is InChI=1S/C17H18BrI/c1-10-9-11(2)13(4)16(12(10)3)17(18)14-5-7-15(19)8-6-14/h5-9,17H,1-4H3. The molecular formula is C17H18BrI. The van der Waals surface area contributed by atoms with Crippen LogP contribution >= 0.6 is 38.5 Å². The van der Waals surface area contributed by atoms with E-state index in [1.165, 1.54) is 37.0 Å². The third-order valence-electron chi connectivity index (χ3n) is 3.84. The van der Waals surface area contributed by atoms with Crippen LogP contribution in [0.1, 0.15) is 38.2 Å². The zero-order valence-corrected chi connectivity index (χ0v) is 15.5. The van der Waals surface area contributed by atoms with Crippen LogP contribution in [0, 0.1) is 31.3 Å². The summed E-state index contributed by atoms with van der Waals surface area (Å²) in [5.74, 6) is 0. The van der Waals surface area contributed by atoms with Crippen LogP contribution in [0.4, 0.5) is 0 Å². The molecule has 2 heteroatoms. The van der Waals surface area contributed by atoms with Crippen molar-refractivity contribution in [3.05, 3.63) is 67.3 Å². The van der Waals surface area contributed by atoms with Gasteiger partial charge in [0, 0.05) is 3.57 Å². The maximum Gasteiger partial charge on any atom is 0.0649 e. The second kappa shape index (κ2) is 5.96. The Morgan fingerprint density at radius 3 is 1.84 bits per heavy atom. The van der Waals surface area contributed by atoms with E-state index in [0.717, 1.165) is 0 Å². The summed E-state index contributed by atoms with van der Waals surface area (Å²) in [5, 5.41) is 0. The molecule has 0 aromatic heterocycles. The summed E-state index contributed by atoms with van der Waals surface area (Å²) >= 11 is 6.23. The van der Waals surface area contributed by atoms with Gasteiger partial charge in [0.1, 0.15) is 0 Å². The molecule has 0 fully saturated rings. The van der Waals surface area contributed by atoms with Gasteiger partial charge in [-0.3, -0.25) is 0 Å². The molecule has 0 amide bonds. The monoisotopic (exact) mass is 428 g/mol. The smallest absolute Gasteiger partial charge is 0.0649 e. The van der Waals surface area contributed by atoms with E-state index in [-0.39, 0.29) is 4.83 Å². The molecule has 0 N–H and O–H groups in total. The summed E-state index contributed by atoms with van der Waals surface area (Å²) in [6, 6.07) is 11.0. The topological polar surface area (TPSA) is 0 Å². The van der Waals surface area contributed by atoms with Gasteiger partial charge in [-0.15, -0.1) is 0 Å². The predicted octanol–water partition coefficient (Wildman–Crippen LogP) is 6.01. The van der Waals surface area contributed by atoms with Crippen molar-refractivity contribution >= 4 is 38.5 Å². The average molecular weight is 429 g/mol. The Labute approximate surface area is 137 Å². The first-order chi connectivity index (χ1) is 8.91. The highest BCUT2D eigenvalue weighted by atomic mass is 127. The zero-order valence-electron chi connectivity index (χ0n) is 11.7. The lowest BCUT2D eigenvalue weighted by atomic mass is 9.90. The molecule has 0 aliphatic carbocycles. The van der Waals surface area contributed by atoms with Gasteiger partial charge in [-0.2, -0.15) is 0 Å². The van der Waals surface area contributed by atoms with E-state index in [0.29, 0.717) is 0 Å². The second-order valence-electron chi connectivity index (χ2n) is 5.09. The molecular weight excluding hydrogens is 411 g/mol. The zero-order chi connectivity index (χ0) is 14.2. The fraction of sp³-hybridized carbons (Fsp3) is 0.294. The Morgan fingerprint density at radius 1 is 0.895 bits per heavy atom. The highest BCUT2D eigenvalue weighted by Crippen LogP contribution is 2.37. The maximum absolute atomic E-state index is 3.89. The molecule has 1 unspecified atom stereocenters. The Hall–Kier alpha value is -0.350. The molecule has 0 bridgehead atoms. The van der Waals surface area contributed by atoms with Gasteiger partial charge in [0.05, 0.1) is 4.83 Å². The van der Waals surface area contributed by atoms with Crippen molar-refractivity contribution in [1.82, 2.24) is 0 Å². The van der Waals surface area contributed by atoms with E-state index in [1.54, 1.807) is 0 Å². The molecule has 0 aliphatic rings. The van der Waals surface area contributed by atoms with Crippen LogP contribution in [0.2, 0.25) is 0 Å². The SMILES string of the molecule is Cc1cc(C)c(C)c(C(Br)c2ccc(I)cc2)c1C. The first-order valence-electron chi connectivity index (χ1n) is 6.38. The molecule has 0 aliphatic heterocycles. The number of hydrogen-bond acceptors (Lipinski definition) is 0. The molecule has 2 aromatic carbocycles. The predicted molar refractivity (Wildman–Crippen MR) is 95.3 cm³/mol. The lowest BCUT2D eigenvalue weighted by Gasteiger charge is -2.20. The van der Waals surface area contributed by atoms with Crippen molar-refractivity contribution in [1.29, 1.82) is 0 Å². The molecule has 2 aromatic rings. The van der Waals surface area contributed by atoms with Crippen LogP contribution in [-0.4, -0.2) is 0 Å². The van der Waals surface area contributed by atoms with Crippen molar-refractivity contribution in [2.45, 2.75) is 32.5 Å². The maximum atomic E-state index is 3.89. The molecule has 2 rings (SSSR count). The molecule has 0 nitrogen and oxygen atoms in total. The normalized spacial score (nSPS) is 12.5. The molecule has 0 spiro atoms. The van der Waals surface area contributed by atoms with E-state index in [9.17, 15) is 0 Å². The van der Waals surface area contributed by atoms with Crippen molar-refractivity contribution < 1.29 is 0 Å². The minimum absolute atomic E-state index is 0.267. The molecule has 0 saturated carbocycles. The van der Waals surface area contributed by atoms with E-state index < -0.39 is 0 Å². The summed E-state index contributed by atoms with van der Waals surface area (Å²) in [7, 11) is 0. The van der Waals surface area contributed by atoms with Crippen LogP contribution in [0.15, 0.2) is 30.3 Å². The molecule has 19 heavy (non-hydrogen) atoms. The first kappa shape index (κ1) is 15.0. The summed E-state index contributed by atoms with van der Waals surface area (Å²) in [6.45, 7) is 8.83. The number of alkyl halides is 1. The van der Waals surface area contributed by atoms with Crippen LogP contribution in [-0.2, 0) is 0 Å². The fourth-order valence-corrected chi connectivity index (χ4v) is 3.78. The fourth-order valence-electron chi connectivity index (χ4n) is 2.43. The Kier molecular flexibility index (Phi) is 4.72.